The molecule has 1 unspecified atom stereocenters. The molecule has 2 rings (SSSR count). The number of aliphatic hydroxyl groups is 1. The van der Waals surface area contributed by atoms with E-state index in [0.717, 1.165) is 19.3 Å². The minimum Gasteiger partial charge on any atom is -0.382 e. The summed E-state index contributed by atoms with van der Waals surface area (Å²) >= 11 is 0. The summed E-state index contributed by atoms with van der Waals surface area (Å²) in [5, 5.41) is 11.6. The number of aliphatic imine (C=N–C) groups is 1. The predicted octanol–water partition coefficient (Wildman–Crippen LogP) is 0.918. The monoisotopic (exact) mass is 371 g/mol. The van der Waals surface area contributed by atoms with Crippen molar-refractivity contribution in [3.05, 3.63) is 0 Å². The number of guanidine groups is 1. The van der Waals surface area contributed by atoms with Crippen LogP contribution in [0, 0.1) is 0 Å². The van der Waals surface area contributed by atoms with Gasteiger partial charge in [0.25, 0.3) is 0 Å². The lowest BCUT2D eigenvalue weighted by molar-refractivity contribution is -0.201. The van der Waals surface area contributed by atoms with Crippen LogP contribution in [0.2, 0.25) is 0 Å². The van der Waals surface area contributed by atoms with Gasteiger partial charge in [-0.25, -0.2) is 8.42 Å². The molecule has 1 saturated heterocycles. The lowest BCUT2D eigenvalue weighted by Crippen LogP contribution is -2.61. The first-order valence-electron chi connectivity index (χ1n) is 8.04. The van der Waals surface area contributed by atoms with Gasteiger partial charge in [-0.15, -0.1) is 0 Å². The number of sulfone groups is 1. The molecule has 10 heteroatoms. The summed E-state index contributed by atoms with van der Waals surface area (Å²) in [5.41, 5.74) is 0. The average molecular weight is 371 g/mol. The largest absolute Gasteiger partial charge is 0.416 e. The highest BCUT2D eigenvalue weighted by molar-refractivity contribution is 7.92. The summed E-state index contributed by atoms with van der Waals surface area (Å²) in [6, 6.07) is 0. The van der Waals surface area contributed by atoms with E-state index >= 15 is 0 Å². The van der Waals surface area contributed by atoms with Gasteiger partial charge in [0.05, 0.1) is 17.0 Å². The molecule has 1 saturated carbocycles. The van der Waals surface area contributed by atoms with Gasteiger partial charge in [0, 0.05) is 20.1 Å². The second-order valence-electron chi connectivity index (χ2n) is 6.47. The molecule has 1 aliphatic heterocycles. The summed E-state index contributed by atoms with van der Waals surface area (Å²) in [6.07, 6.45) is -3.37. The van der Waals surface area contributed by atoms with Gasteiger partial charge in [-0.2, -0.15) is 13.2 Å². The number of alkyl halides is 3. The predicted molar refractivity (Wildman–Crippen MR) is 84.6 cm³/mol. The quantitative estimate of drug-likeness (QED) is 0.557. The summed E-state index contributed by atoms with van der Waals surface area (Å²) in [5.74, 6) is 0.161. The molecule has 1 aliphatic carbocycles. The first kappa shape index (κ1) is 19.3. The minimum atomic E-state index is -4.71. The third-order valence-electron chi connectivity index (χ3n) is 4.88. The van der Waals surface area contributed by atoms with E-state index in [1.807, 2.05) is 0 Å². The average Bonchev–Trinajstić information content (AvgIpc) is 2.51. The van der Waals surface area contributed by atoms with E-state index in [1.165, 1.54) is 7.05 Å². The van der Waals surface area contributed by atoms with Crippen LogP contribution in [0.1, 0.15) is 32.1 Å². The Labute approximate surface area is 140 Å². The molecule has 2 N–H and O–H groups in total. The third-order valence-corrected chi connectivity index (χ3v) is 7.45. The van der Waals surface area contributed by atoms with E-state index in [9.17, 15) is 21.6 Å². The molecular formula is C14H24F3N3O3S. The van der Waals surface area contributed by atoms with Crippen LogP contribution >= 0.6 is 0 Å². The summed E-state index contributed by atoms with van der Waals surface area (Å²) in [6.45, 7) is -0.296. The Hall–Kier alpha value is -1.03. The molecule has 0 aromatic rings. The molecule has 2 aliphatic rings. The minimum absolute atomic E-state index is 0.0322. The normalized spacial score (nSPS) is 25.5. The highest BCUT2D eigenvalue weighted by Gasteiger charge is 2.49. The number of hydrogen-bond acceptors (Lipinski definition) is 4. The molecule has 6 nitrogen and oxygen atoms in total. The van der Waals surface area contributed by atoms with E-state index in [4.69, 9.17) is 5.11 Å². The first-order chi connectivity index (χ1) is 11.1. The fraction of sp³-hybridized carbons (Fsp3) is 0.929. The van der Waals surface area contributed by atoms with Gasteiger partial charge in [0.2, 0.25) is 0 Å². The van der Waals surface area contributed by atoms with E-state index in [2.05, 4.69) is 10.3 Å². The van der Waals surface area contributed by atoms with Crippen LogP contribution in [0.3, 0.4) is 0 Å². The molecule has 24 heavy (non-hydrogen) atoms. The zero-order chi connectivity index (χ0) is 18.0. The smallest absolute Gasteiger partial charge is 0.382 e. The maximum absolute atomic E-state index is 12.5. The molecule has 1 atom stereocenters. The molecule has 0 aromatic heterocycles. The fourth-order valence-corrected chi connectivity index (χ4v) is 5.61. The van der Waals surface area contributed by atoms with Crippen molar-refractivity contribution in [2.75, 3.05) is 32.4 Å². The molecule has 140 valence electrons. The Bertz CT molecular complexity index is 572. The zero-order valence-electron chi connectivity index (χ0n) is 13.6. The zero-order valence-corrected chi connectivity index (χ0v) is 14.5. The summed E-state index contributed by atoms with van der Waals surface area (Å²) in [7, 11) is -1.80. The highest BCUT2D eigenvalue weighted by Crippen LogP contribution is 2.38. The van der Waals surface area contributed by atoms with Crippen molar-refractivity contribution in [2.24, 2.45) is 4.99 Å². The lowest BCUT2D eigenvalue weighted by atomic mass is 9.87. The van der Waals surface area contributed by atoms with Crippen LogP contribution in [-0.2, 0) is 9.84 Å². The van der Waals surface area contributed by atoms with Gasteiger partial charge < -0.3 is 15.3 Å². The molecule has 0 radical (unpaired) electrons. The molecule has 2 fully saturated rings. The van der Waals surface area contributed by atoms with Crippen molar-refractivity contribution >= 4 is 15.8 Å². The Morgan fingerprint density at radius 3 is 2.50 bits per heavy atom. The molecular weight excluding hydrogens is 347 g/mol. The van der Waals surface area contributed by atoms with Crippen molar-refractivity contribution in [3.63, 3.8) is 0 Å². The van der Waals surface area contributed by atoms with Crippen LogP contribution in [0.15, 0.2) is 4.99 Å². The van der Waals surface area contributed by atoms with E-state index < -0.39 is 33.4 Å². The third kappa shape index (κ3) is 3.96. The Morgan fingerprint density at radius 2 is 1.96 bits per heavy atom. The maximum Gasteiger partial charge on any atom is 0.416 e. The Balaban J connectivity index is 2.08. The summed E-state index contributed by atoms with van der Waals surface area (Å²) < 4.78 is 61.5. The maximum atomic E-state index is 12.5. The number of halogens is 3. The van der Waals surface area contributed by atoms with Gasteiger partial charge in [-0.1, -0.05) is 19.3 Å². The molecule has 1 spiro atoms. The standard InChI is InChI=1S/C14H24F3N3O3S/c1-18-12(19-9-11(21)14(15,16)17)20-7-8-24(22,23)13(10-20)5-3-2-4-6-13/h11,21H,2-10H2,1H3,(H,18,19). The second kappa shape index (κ2) is 7.07. The number of aliphatic hydroxyl groups excluding tert-OH is 1. The number of rotatable bonds is 2. The van der Waals surface area contributed by atoms with E-state index in [1.54, 1.807) is 4.90 Å². The molecule has 0 aromatic carbocycles. The summed E-state index contributed by atoms with van der Waals surface area (Å²) in [4.78, 5) is 5.64. The van der Waals surface area contributed by atoms with Crippen molar-refractivity contribution in [2.45, 2.75) is 49.1 Å². The van der Waals surface area contributed by atoms with Crippen LogP contribution in [-0.4, -0.2) is 73.8 Å². The van der Waals surface area contributed by atoms with Crippen LogP contribution in [0.5, 0.6) is 0 Å². The number of nitrogens with zero attached hydrogens (tertiary/aromatic N) is 2. The van der Waals surface area contributed by atoms with E-state index in [0.29, 0.717) is 12.8 Å². The topological polar surface area (TPSA) is 82.0 Å². The Morgan fingerprint density at radius 1 is 1.33 bits per heavy atom. The first-order valence-corrected chi connectivity index (χ1v) is 9.69. The second-order valence-corrected chi connectivity index (χ2v) is 8.97. The number of hydrogen-bond donors (Lipinski definition) is 2. The van der Waals surface area contributed by atoms with Crippen molar-refractivity contribution in [3.8, 4) is 0 Å². The molecule has 0 amide bonds. The van der Waals surface area contributed by atoms with Crippen molar-refractivity contribution in [1.82, 2.24) is 10.2 Å². The Kier molecular flexibility index (Phi) is 5.68. The van der Waals surface area contributed by atoms with Gasteiger partial charge >= 0.3 is 6.18 Å². The fourth-order valence-electron chi connectivity index (χ4n) is 3.45. The van der Waals surface area contributed by atoms with Crippen LogP contribution in [0.4, 0.5) is 13.2 Å². The van der Waals surface area contributed by atoms with Crippen LogP contribution in [0.25, 0.3) is 0 Å². The van der Waals surface area contributed by atoms with Crippen molar-refractivity contribution < 1.29 is 26.7 Å². The van der Waals surface area contributed by atoms with Crippen molar-refractivity contribution in [1.29, 1.82) is 0 Å². The SMILES string of the molecule is CN=C(NCC(O)C(F)(F)F)N1CCS(=O)(=O)C2(CCCCC2)C1. The lowest BCUT2D eigenvalue weighted by Gasteiger charge is -2.45. The van der Waals surface area contributed by atoms with Gasteiger partial charge in [-0.05, 0) is 12.8 Å². The van der Waals surface area contributed by atoms with Gasteiger partial charge in [0.1, 0.15) is 0 Å². The van der Waals surface area contributed by atoms with Crippen LogP contribution < -0.4 is 5.32 Å². The van der Waals surface area contributed by atoms with Gasteiger partial charge in [-0.3, -0.25) is 4.99 Å². The molecule has 1 heterocycles. The van der Waals surface area contributed by atoms with Gasteiger partial charge in [0.15, 0.2) is 21.9 Å². The van der Waals surface area contributed by atoms with E-state index in [-0.39, 0.29) is 24.8 Å². The number of nitrogens with one attached hydrogen (secondary N) is 1. The highest BCUT2D eigenvalue weighted by atomic mass is 32.2. The molecule has 0 bridgehead atoms.